The summed E-state index contributed by atoms with van der Waals surface area (Å²) in [5, 5.41) is 12.3. The van der Waals surface area contributed by atoms with Gasteiger partial charge in [0.05, 0.1) is 23.1 Å². The Balaban J connectivity index is 1.21. The number of anilines is 1. The number of nitrogens with one attached hydrogen (secondary N) is 1. The van der Waals surface area contributed by atoms with E-state index in [-0.39, 0.29) is 5.91 Å². The largest absolute Gasteiger partial charge is 0.481 e. The second-order valence-electron chi connectivity index (χ2n) is 8.50. The Bertz CT molecular complexity index is 1330. The second kappa shape index (κ2) is 9.93. The number of nitrogens with zero attached hydrogens (tertiary/aromatic N) is 3. The van der Waals surface area contributed by atoms with Crippen LogP contribution in [0, 0.1) is 0 Å². The molecule has 0 radical (unpaired) electrons. The zero-order valence-electron chi connectivity index (χ0n) is 19.3. The molecule has 35 heavy (non-hydrogen) atoms. The van der Waals surface area contributed by atoms with Crippen molar-refractivity contribution in [2.75, 3.05) is 24.9 Å². The molecule has 0 spiro atoms. The molecule has 0 unspecified atom stereocenters. The molecule has 0 atom stereocenters. The predicted molar refractivity (Wildman–Crippen MR) is 137 cm³/mol. The van der Waals surface area contributed by atoms with Gasteiger partial charge >= 0.3 is 0 Å². The van der Waals surface area contributed by atoms with Crippen LogP contribution >= 0.6 is 11.9 Å². The van der Waals surface area contributed by atoms with Crippen LogP contribution in [0.25, 0.3) is 10.9 Å². The highest BCUT2D eigenvalue weighted by atomic mass is 32.2. The Morgan fingerprint density at radius 2 is 1.71 bits per heavy atom. The van der Waals surface area contributed by atoms with Gasteiger partial charge in [-0.15, -0.1) is 0 Å². The van der Waals surface area contributed by atoms with Crippen molar-refractivity contribution in [1.29, 1.82) is 0 Å². The molecular weight excluding hydrogens is 460 g/mol. The Morgan fingerprint density at radius 3 is 2.49 bits per heavy atom. The van der Waals surface area contributed by atoms with E-state index < -0.39 is 5.60 Å². The summed E-state index contributed by atoms with van der Waals surface area (Å²) in [4.78, 5) is 24.6. The first kappa shape index (κ1) is 23.1. The van der Waals surface area contributed by atoms with Crippen molar-refractivity contribution >= 4 is 34.4 Å². The number of benzene rings is 2. The maximum Gasteiger partial charge on any atom is 0.253 e. The summed E-state index contributed by atoms with van der Waals surface area (Å²) in [6.07, 6.45) is 4.29. The third-order valence-corrected chi connectivity index (χ3v) is 7.24. The van der Waals surface area contributed by atoms with Gasteiger partial charge in [0, 0.05) is 47.7 Å². The number of rotatable bonds is 6. The van der Waals surface area contributed by atoms with Gasteiger partial charge in [-0.05, 0) is 73.3 Å². The average Bonchev–Trinajstić information content (AvgIpc) is 2.92. The van der Waals surface area contributed by atoms with Gasteiger partial charge in [-0.25, -0.2) is 4.98 Å². The standard InChI is InChI=1S/C27H26N4O3S/c1-34-25-22(7-4-16-29-25)27(33)13-17-31(18-14-27)26(32)20-9-11-21(12-10-20)30-35-23-8-2-5-19-6-3-15-28-24(19)23/h2-12,15-16,30,33H,13-14,17-18H2,1H3. The predicted octanol–water partition coefficient (Wildman–Crippen LogP) is 4.88. The van der Waals surface area contributed by atoms with E-state index in [1.807, 2.05) is 60.7 Å². The molecule has 1 saturated heterocycles. The number of pyridine rings is 2. The second-order valence-corrected chi connectivity index (χ2v) is 9.34. The van der Waals surface area contributed by atoms with Gasteiger partial charge in [0.15, 0.2) is 0 Å². The fourth-order valence-electron chi connectivity index (χ4n) is 4.39. The van der Waals surface area contributed by atoms with Crippen molar-refractivity contribution in [3.63, 3.8) is 0 Å². The summed E-state index contributed by atoms with van der Waals surface area (Å²) in [7, 11) is 1.55. The minimum Gasteiger partial charge on any atom is -0.481 e. The Kier molecular flexibility index (Phi) is 6.57. The normalized spacial score (nSPS) is 15.1. The number of methoxy groups -OCH3 is 1. The number of aromatic nitrogens is 2. The number of piperidine rings is 1. The third-order valence-electron chi connectivity index (χ3n) is 6.35. The molecule has 1 fully saturated rings. The molecule has 3 heterocycles. The van der Waals surface area contributed by atoms with E-state index in [0.717, 1.165) is 21.5 Å². The van der Waals surface area contributed by atoms with E-state index in [2.05, 4.69) is 14.7 Å². The van der Waals surface area contributed by atoms with Crippen LogP contribution in [0.5, 0.6) is 5.88 Å². The monoisotopic (exact) mass is 486 g/mol. The summed E-state index contributed by atoms with van der Waals surface area (Å²) in [5.41, 5.74) is 2.09. The molecule has 5 rings (SSSR count). The highest BCUT2D eigenvalue weighted by molar-refractivity contribution is 8.00. The van der Waals surface area contributed by atoms with E-state index in [9.17, 15) is 9.90 Å². The van der Waals surface area contributed by atoms with Crippen LogP contribution in [-0.2, 0) is 5.60 Å². The number of para-hydroxylation sites is 1. The van der Waals surface area contributed by atoms with Crippen molar-refractivity contribution in [3.8, 4) is 5.88 Å². The van der Waals surface area contributed by atoms with Gasteiger partial charge in [0.1, 0.15) is 0 Å². The van der Waals surface area contributed by atoms with E-state index in [0.29, 0.717) is 42.9 Å². The number of amides is 1. The summed E-state index contributed by atoms with van der Waals surface area (Å²) >= 11 is 1.49. The Morgan fingerprint density at radius 1 is 1.00 bits per heavy atom. The van der Waals surface area contributed by atoms with Gasteiger partial charge < -0.3 is 19.5 Å². The quantitative estimate of drug-likeness (QED) is 0.376. The van der Waals surface area contributed by atoms with Crippen LogP contribution in [0.4, 0.5) is 5.69 Å². The minimum absolute atomic E-state index is 0.0392. The number of fused-ring (bicyclic) bond motifs is 1. The van der Waals surface area contributed by atoms with E-state index in [1.54, 1.807) is 30.5 Å². The van der Waals surface area contributed by atoms with E-state index in [4.69, 9.17) is 4.74 Å². The van der Waals surface area contributed by atoms with E-state index in [1.165, 1.54) is 11.9 Å². The lowest BCUT2D eigenvalue weighted by Crippen LogP contribution is -2.45. The van der Waals surface area contributed by atoms with Crippen molar-refractivity contribution in [3.05, 3.63) is 90.3 Å². The van der Waals surface area contributed by atoms with Crippen molar-refractivity contribution in [2.24, 2.45) is 0 Å². The molecule has 2 aromatic carbocycles. The molecule has 0 aliphatic carbocycles. The summed E-state index contributed by atoms with van der Waals surface area (Å²) in [6.45, 7) is 0.911. The van der Waals surface area contributed by atoms with Crippen LogP contribution in [0.2, 0.25) is 0 Å². The van der Waals surface area contributed by atoms with Crippen molar-refractivity contribution in [1.82, 2.24) is 14.9 Å². The Labute approximate surface area is 208 Å². The molecule has 0 bridgehead atoms. The van der Waals surface area contributed by atoms with Gasteiger partial charge in [-0.3, -0.25) is 9.78 Å². The van der Waals surface area contributed by atoms with Gasteiger partial charge in [-0.2, -0.15) is 0 Å². The number of carbonyl (C=O) groups excluding carboxylic acids is 1. The zero-order chi connectivity index (χ0) is 24.3. The van der Waals surface area contributed by atoms with Crippen molar-refractivity contribution in [2.45, 2.75) is 23.3 Å². The molecule has 2 N–H and O–H groups in total. The molecule has 7 nitrogen and oxygen atoms in total. The molecular formula is C27H26N4O3S. The van der Waals surface area contributed by atoms with Gasteiger partial charge in [0.2, 0.25) is 5.88 Å². The van der Waals surface area contributed by atoms with Gasteiger partial charge in [0.25, 0.3) is 5.91 Å². The lowest BCUT2D eigenvalue weighted by Gasteiger charge is -2.38. The molecule has 4 aromatic rings. The minimum atomic E-state index is -1.06. The Hall–Kier alpha value is -3.62. The van der Waals surface area contributed by atoms with Crippen LogP contribution in [-0.4, -0.2) is 46.1 Å². The van der Waals surface area contributed by atoms with Crippen LogP contribution in [0.3, 0.4) is 0 Å². The first-order valence-corrected chi connectivity index (χ1v) is 12.3. The van der Waals surface area contributed by atoms with Crippen LogP contribution in [0.15, 0.2) is 84.0 Å². The summed E-state index contributed by atoms with van der Waals surface area (Å²) in [5.74, 6) is 0.387. The number of likely N-dealkylation sites (tertiary alicyclic amines) is 1. The number of hydrogen-bond donors (Lipinski definition) is 2. The maximum absolute atomic E-state index is 13.1. The zero-order valence-corrected chi connectivity index (χ0v) is 20.2. The first-order valence-electron chi connectivity index (χ1n) is 11.5. The molecule has 1 amide bonds. The highest BCUT2D eigenvalue weighted by Crippen LogP contribution is 2.37. The molecule has 0 saturated carbocycles. The number of aliphatic hydroxyl groups is 1. The van der Waals surface area contributed by atoms with Crippen molar-refractivity contribution < 1.29 is 14.6 Å². The SMILES string of the molecule is COc1ncccc1C1(O)CCN(C(=O)c2ccc(NSc3cccc4cccnc34)cc2)CC1. The number of hydrogen-bond acceptors (Lipinski definition) is 7. The maximum atomic E-state index is 13.1. The fourth-order valence-corrected chi connectivity index (χ4v) is 5.17. The molecule has 178 valence electrons. The summed E-state index contributed by atoms with van der Waals surface area (Å²) in [6, 6.07) is 21.2. The smallest absolute Gasteiger partial charge is 0.253 e. The molecule has 1 aliphatic heterocycles. The van der Waals surface area contributed by atoms with Crippen LogP contribution < -0.4 is 9.46 Å². The summed E-state index contributed by atoms with van der Waals surface area (Å²) < 4.78 is 8.66. The molecule has 8 heteroatoms. The first-order chi connectivity index (χ1) is 17.1. The average molecular weight is 487 g/mol. The molecule has 2 aromatic heterocycles. The highest BCUT2D eigenvalue weighted by Gasteiger charge is 2.38. The number of ether oxygens (including phenoxy) is 1. The van der Waals surface area contributed by atoms with Gasteiger partial charge in [-0.1, -0.05) is 18.2 Å². The third kappa shape index (κ3) is 4.80. The fraction of sp³-hybridized carbons (Fsp3) is 0.222. The topological polar surface area (TPSA) is 87.6 Å². The van der Waals surface area contributed by atoms with Crippen LogP contribution in [0.1, 0.15) is 28.8 Å². The lowest BCUT2D eigenvalue weighted by atomic mass is 9.84. The van der Waals surface area contributed by atoms with E-state index >= 15 is 0 Å². The lowest BCUT2D eigenvalue weighted by molar-refractivity contribution is -0.0230. The number of carbonyl (C=O) groups is 1. The molecule has 1 aliphatic rings.